The number of nitrogens with one attached hydrogen (secondary N) is 1. The first-order valence-corrected chi connectivity index (χ1v) is 17.4. The van der Waals surface area contributed by atoms with Gasteiger partial charge in [0.2, 0.25) is 0 Å². The van der Waals surface area contributed by atoms with Crippen LogP contribution < -0.4 is 5.32 Å². The Morgan fingerprint density at radius 2 is 0.978 bits per heavy atom. The monoisotopic (exact) mass is 661 g/mol. The van der Waals surface area contributed by atoms with Crippen LogP contribution in [0.25, 0.3) is 0 Å². The highest BCUT2D eigenvalue weighted by Gasteiger charge is 2.39. The average Bonchev–Trinajstić information content (AvgIpc) is 3.54. The number of hydrogen-bond donors (Lipinski definition) is 2. The molecule has 2 aromatic rings. The maximum atomic E-state index is 12.8. The molecular weight excluding hydrogens is 608 g/mol. The lowest BCUT2D eigenvalue weighted by molar-refractivity contribution is -0.0211. The third-order valence-electron chi connectivity index (χ3n) is 11.4. The fourth-order valence-electron chi connectivity index (χ4n) is 8.61. The summed E-state index contributed by atoms with van der Waals surface area (Å²) in [6, 6.07) is 17.3. The van der Waals surface area contributed by atoms with Crippen LogP contribution in [0.15, 0.2) is 48.5 Å². The highest BCUT2D eigenvalue weighted by atomic mass is 35.5. The second-order valence-corrected chi connectivity index (χ2v) is 14.4. The number of aliphatic hydroxyl groups is 1. The van der Waals surface area contributed by atoms with Gasteiger partial charge in [-0.1, -0.05) is 24.3 Å². The molecule has 6 heterocycles. The predicted molar refractivity (Wildman–Crippen MR) is 180 cm³/mol. The lowest BCUT2D eigenvalue weighted by atomic mass is 10.0. The van der Waals surface area contributed by atoms with Crippen LogP contribution in [0.4, 0.5) is 8.78 Å². The number of aliphatic hydroxyl groups excluding tert-OH is 1. The van der Waals surface area contributed by atoms with Crippen LogP contribution in [-0.2, 0) is 22.7 Å². The molecule has 0 spiro atoms. The van der Waals surface area contributed by atoms with E-state index in [1.165, 1.54) is 62.8 Å². The molecule has 9 heteroatoms. The normalized spacial score (nSPS) is 34.6. The van der Waals surface area contributed by atoms with Crippen molar-refractivity contribution in [2.75, 3.05) is 14.1 Å². The summed E-state index contributed by atoms with van der Waals surface area (Å²) in [5.74, 6) is -0.371. The van der Waals surface area contributed by atoms with Crippen LogP contribution in [0.1, 0.15) is 88.2 Å². The van der Waals surface area contributed by atoms with E-state index in [0.717, 1.165) is 49.7 Å². The van der Waals surface area contributed by atoms with E-state index in [0.29, 0.717) is 61.7 Å². The summed E-state index contributed by atoms with van der Waals surface area (Å²) in [6.07, 6.45) is 15.1. The van der Waals surface area contributed by atoms with E-state index >= 15 is 0 Å². The summed E-state index contributed by atoms with van der Waals surface area (Å²) in [4.78, 5) is 4.95. The Morgan fingerprint density at radius 3 is 1.39 bits per heavy atom. The van der Waals surface area contributed by atoms with Gasteiger partial charge in [0, 0.05) is 36.3 Å². The zero-order valence-electron chi connectivity index (χ0n) is 27.5. The van der Waals surface area contributed by atoms with Gasteiger partial charge in [0.15, 0.2) is 0 Å². The molecule has 0 amide bonds. The van der Waals surface area contributed by atoms with Crippen molar-refractivity contribution >= 4 is 12.4 Å². The molecule has 6 unspecified atom stereocenters. The van der Waals surface area contributed by atoms with Gasteiger partial charge in [0.05, 0.1) is 31.5 Å². The summed E-state index contributed by atoms with van der Waals surface area (Å²) >= 11 is 0. The first kappa shape index (κ1) is 35.7. The van der Waals surface area contributed by atoms with E-state index in [-0.39, 0.29) is 30.1 Å². The second kappa shape index (κ2) is 16.6. The van der Waals surface area contributed by atoms with Gasteiger partial charge in [-0.2, -0.15) is 0 Å². The van der Waals surface area contributed by atoms with E-state index in [1.54, 1.807) is 24.3 Å². The van der Waals surface area contributed by atoms with Crippen molar-refractivity contribution in [2.45, 2.75) is 145 Å². The molecule has 0 aromatic heterocycles. The van der Waals surface area contributed by atoms with E-state index in [9.17, 15) is 13.9 Å². The Hall–Kier alpha value is -1.65. The molecule has 46 heavy (non-hydrogen) atoms. The number of rotatable bonds is 6. The summed E-state index contributed by atoms with van der Waals surface area (Å²) < 4.78 is 37.4. The standard InChI is InChI=1S/C15H20FNO.C14H18FNO.C8H15NO.ClH/c1-17-13-6-7-14(17)9-15(8-13)18-10-11-2-4-12(16)5-3-11;15-11-3-1-10(2-4-11)9-17-14-7-12-5-6-13(8-14)16-12;1-9-6-2-3-7(9)5-8(10)4-6;/h2-5,13-15H,6-10H2,1H3;1-4,12-14,16H,5-9H2;6-8,10H,2-5H2,1H3;1H. The molecule has 6 bridgehead atoms. The molecule has 0 saturated carbocycles. The van der Waals surface area contributed by atoms with Crippen molar-refractivity contribution in [2.24, 2.45) is 0 Å². The first-order chi connectivity index (χ1) is 21.8. The SMILES string of the molecule is CN1C2CCC1CC(O)C2.CN1C2CCC1CC(OCc1ccc(F)cc1)C2.Cl.Fc1ccc(COC2CC3CCC(C2)N3)cc1. The van der Waals surface area contributed by atoms with Gasteiger partial charge in [-0.05, 0) is 127 Å². The summed E-state index contributed by atoms with van der Waals surface area (Å²) in [7, 11) is 4.42. The van der Waals surface area contributed by atoms with E-state index in [1.807, 2.05) is 0 Å². The molecule has 0 radical (unpaired) electrons. The van der Waals surface area contributed by atoms with Gasteiger partial charge >= 0.3 is 0 Å². The Bertz CT molecular complexity index is 1170. The summed E-state index contributed by atoms with van der Waals surface area (Å²) in [5.41, 5.74) is 2.11. The van der Waals surface area contributed by atoms with Gasteiger partial charge in [-0.25, -0.2) is 8.78 Å². The van der Waals surface area contributed by atoms with Crippen LogP contribution in [-0.4, -0.2) is 83.6 Å². The van der Waals surface area contributed by atoms with Crippen molar-refractivity contribution in [1.29, 1.82) is 0 Å². The summed E-state index contributed by atoms with van der Waals surface area (Å²) in [5, 5.41) is 13.0. The molecule has 256 valence electrons. The lowest BCUT2D eigenvalue weighted by Crippen LogP contribution is -2.42. The minimum absolute atomic E-state index is 0. The second-order valence-electron chi connectivity index (χ2n) is 14.4. The molecule has 6 nitrogen and oxygen atoms in total. The molecule has 8 rings (SSSR count). The molecule has 6 aliphatic heterocycles. The van der Waals surface area contributed by atoms with Gasteiger partial charge in [-0.3, -0.25) is 0 Å². The number of piperidine rings is 3. The predicted octanol–water partition coefficient (Wildman–Crippen LogP) is 6.62. The third-order valence-corrected chi connectivity index (χ3v) is 11.4. The van der Waals surface area contributed by atoms with E-state index in [4.69, 9.17) is 9.47 Å². The van der Waals surface area contributed by atoms with Crippen molar-refractivity contribution in [3.05, 3.63) is 71.3 Å². The highest BCUT2D eigenvalue weighted by Crippen LogP contribution is 2.36. The quantitative estimate of drug-likeness (QED) is 0.363. The maximum Gasteiger partial charge on any atom is 0.123 e. The number of ether oxygens (including phenoxy) is 2. The highest BCUT2D eigenvalue weighted by molar-refractivity contribution is 5.85. The number of fused-ring (bicyclic) bond motifs is 6. The van der Waals surface area contributed by atoms with Crippen LogP contribution >= 0.6 is 12.4 Å². The first-order valence-electron chi connectivity index (χ1n) is 17.4. The van der Waals surface area contributed by atoms with Gasteiger partial charge in [-0.15, -0.1) is 12.4 Å². The van der Waals surface area contributed by atoms with Crippen LogP contribution in [0, 0.1) is 11.6 Å². The lowest BCUT2D eigenvalue weighted by Gasteiger charge is -2.36. The zero-order valence-corrected chi connectivity index (χ0v) is 28.4. The minimum Gasteiger partial charge on any atom is -0.393 e. The van der Waals surface area contributed by atoms with Crippen LogP contribution in [0.3, 0.4) is 0 Å². The van der Waals surface area contributed by atoms with Gasteiger partial charge in [0.1, 0.15) is 11.6 Å². The van der Waals surface area contributed by atoms with Crippen molar-refractivity contribution < 1.29 is 23.4 Å². The number of hydrogen-bond acceptors (Lipinski definition) is 6. The number of benzene rings is 2. The smallest absolute Gasteiger partial charge is 0.123 e. The Labute approximate surface area is 280 Å². The molecule has 6 saturated heterocycles. The largest absolute Gasteiger partial charge is 0.393 e. The zero-order chi connectivity index (χ0) is 31.3. The van der Waals surface area contributed by atoms with E-state index < -0.39 is 0 Å². The third kappa shape index (κ3) is 9.49. The van der Waals surface area contributed by atoms with Crippen molar-refractivity contribution in [3.63, 3.8) is 0 Å². The fourth-order valence-corrected chi connectivity index (χ4v) is 8.61. The van der Waals surface area contributed by atoms with Gasteiger partial charge < -0.3 is 29.7 Å². The number of nitrogens with zero attached hydrogens (tertiary/aromatic N) is 2. The van der Waals surface area contributed by atoms with Crippen LogP contribution in [0.2, 0.25) is 0 Å². The Morgan fingerprint density at radius 1 is 0.609 bits per heavy atom. The molecule has 2 N–H and O–H groups in total. The molecule has 6 fully saturated rings. The molecular formula is C37H54ClF2N3O3. The Kier molecular flexibility index (Phi) is 12.9. The maximum absolute atomic E-state index is 12.8. The molecule has 6 aliphatic rings. The van der Waals surface area contributed by atoms with Crippen LogP contribution in [0.5, 0.6) is 0 Å². The molecule has 2 aromatic carbocycles. The van der Waals surface area contributed by atoms with Crippen molar-refractivity contribution in [1.82, 2.24) is 15.1 Å². The van der Waals surface area contributed by atoms with E-state index in [2.05, 4.69) is 29.2 Å². The summed E-state index contributed by atoms with van der Waals surface area (Å²) in [6.45, 7) is 1.21. The fraction of sp³-hybridized carbons (Fsp3) is 0.676. The topological polar surface area (TPSA) is 57.2 Å². The molecule has 0 aliphatic carbocycles. The van der Waals surface area contributed by atoms with Gasteiger partial charge in [0.25, 0.3) is 0 Å². The number of halogens is 3. The molecule has 6 atom stereocenters. The average molecular weight is 662 g/mol. The van der Waals surface area contributed by atoms with Crippen molar-refractivity contribution in [3.8, 4) is 0 Å². The Balaban J connectivity index is 0.000000140. The minimum atomic E-state index is -0.186.